The predicted octanol–water partition coefficient (Wildman–Crippen LogP) is -0.352. The molecule has 0 radical (unpaired) electrons. The van der Waals surface area contributed by atoms with Crippen molar-refractivity contribution in [2.75, 3.05) is 33.0 Å². The number of amides is 5. The molecule has 19 N–H and O–H groups in total. The van der Waals surface area contributed by atoms with E-state index in [4.69, 9.17) is 72.6 Å². The molecule has 38 heteroatoms. The zero-order valence-electron chi connectivity index (χ0n) is 62.2. The largest absolute Gasteiger partial charge is 0.510 e. The van der Waals surface area contributed by atoms with Gasteiger partial charge in [-0.05, 0) is 104 Å². The van der Waals surface area contributed by atoms with Gasteiger partial charge in [0.2, 0.25) is 17.7 Å². The number of phosphoric ester groups is 1. The van der Waals surface area contributed by atoms with Crippen LogP contribution >= 0.6 is 7.82 Å². The van der Waals surface area contributed by atoms with Crippen molar-refractivity contribution in [3.63, 3.8) is 0 Å². The van der Waals surface area contributed by atoms with Crippen molar-refractivity contribution < 1.29 is 156 Å². The zero-order valence-corrected chi connectivity index (χ0v) is 63.1. The van der Waals surface area contributed by atoms with E-state index in [1.54, 1.807) is 0 Å². The van der Waals surface area contributed by atoms with Gasteiger partial charge < -0.3 is 141 Å². The number of aliphatic hydroxyl groups is 11. The number of hydrogen-bond acceptors (Lipinski definition) is 31. The van der Waals surface area contributed by atoms with Crippen LogP contribution in [0.25, 0.3) is 0 Å². The molecule has 6 rings (SSSR count). The highest BCUT2D eigenvalue weighted by molar-refractivity contribution is 7.47. The molecule has 15 unspecified atom stereocenters. The van der Waals surface area contributed by atoms with Crippen LogP contribution in [0.4, 0.5) is 4.79 Å². The minimum Gasteiger partial charge on any atom is -0.510 e. The van der Waals surface area contributed by atoms with Crippen LogP contribution in [0.1, 0.15) is 146 Å². The SMILES string of the molecule is C=C(C/C=C(\C)CCC=C(C)C)CCC(C)(C)/C=C/CC/C(C)=C\COCCOP(=O)(O)O[C@@H](O)C(O[C@@H]1OC2CO[C@@H]3OC(CO)[C@@H](O)C(OC4O[C@@H](O[C@H]2C(O)C1NC(C)=O)C(NC(C)=O)C(O)[C@@H]4O[C@@H]1OC(C(=O)NC2=C(O)CCC2=O)[C@H](O)C(O)C1O)C3O)C(CCCCC(N)=O)(OC(N)=O)[C@H](C)O. The van der Waals surface area contributed by atoms with Gasteiger partial charge in [-0.2, -0.15) is 0 Å². The Morgan fingerprint density at radius 2 is 1.39 bits per heavy atom. The quantitative estimate of drug-likeness (QED) is 0.0163. The Labute approximate surface area is 626 Å². The monoisotopic (exact) mass is 1570 g/mol. The van der Waals surface area contributed by atoms with Gasteiger partial charge in [0.15, 0.2) is 61.3 Å². The van der Waals surface area contributed by atoms with E-state index in [9.17, 15) is 94.4 Å². The third-order valence-electron chi connectivity index (χ3n) is 19.1. The lowest BCUT2D eigenvalue weighted by molar-refractivity contribution is -0.415. The number of ether oxygens (including phenoxy) is 11. The number of fused-ring (bicyclic) bond motifs is 5. The van der Waals surface area contributed by atoms with E-state index >= 15 is 0 Å². The van der Waals surface area contributed by atoms with Crippen LogP contribution in [-0.4, -0.2) is 277 Å². The molecule has 0 spiro atoms. The molecule has 5 saturated heterocycles. The molecule has 0 aromatic rings. The van der Waals surface area contributed by atoms with E-state index in [0.29, 0.717) is 6.42 Å². The molecular weight excluding hydrogens is 1450 g/mol. The van der Waals surface area contributed by atoms with Gasteiger partial charge in [-0.25, -0.2) is 9.36 Å². The van der Waals surface area contributed by atoms with Gasteiger partial charge in [-0.15, -0.1) is 0 Å². The molecule has 37 nitrogen and oxygen atoms in total. The van der Waals surface area contributed by atoms with Crippen LogP contribution in [0.5, 0.6) is 0 Å². The van der Waals surface area contributed by atoms with Crippen molar-refractivity contribution in [1.82, 2.24) is 16.0 Å². The van der Waals surface area contributed by atoms with Gasteiger partial charge in [-0.3, -0.25) is 33.0 Å². The van der Waals surface area contributed by atoms with Crippen molar-refractivity contribution >= 4 is 43.3 Å². The van der Waals surface area contributed by atoms with Crippen molar-refractivity contribution in [3.05, 3.63) is 70.7 Å². The van der Waals surface area contributed by atoms with Crippen molar-refractivity contribution in [2.24, 2.45) is 16.9 Å². The van der Waals surface area contributed by atoms with Crippen LogP contribution in [0.15, 0.2) is 70.7 Å². The maximum absolute atomic E-state index is 13.9. The molecule has 5 heterocycles. The molecule has 4 bridgehead atoms. The molecule has 25 atom stereocenters. The fraction of sp³-hybridized carbons (Fsp3) is 0.743. The normalized spacial score (nSPS) is 32.7. The van der Waals surface area contributed by atoms with Crippen LogP contribution < -0.4 is 27.4 Å². The number of nitrogens with one attached hydrogen (secondary N) is 3. The third kappa shape index (κ3) is 26.0. The third-order valence-corrected chi connectivity index (χ3v) is 20.1. The summed E-state index contributed by atoms with van der Waals surface area (Å²) >= 11 is 0. The second-order valence-corrected chi connectivity index (χ2v) is 30.2. The molecular formula is C70H112N5O32P. The number of ketones is 1. The summed E-state index contributed by atoms with van der Waals surface area (Å²) in [7, 11) is -5.55. The predicted molar refractivity (Wildman–Crippen MR) is 374 cm³/mol. The summed E-state index contributed by atoms with van der Waals surface area (Å²) < 4.78 is 90.5. The summed E-state index contributed by atoms with van der Waals surface area (Å²) in [6.45, 7) is 16.9. The molecule has 108 heavy (non-hydrogen) atoms. The lowest BCUT2D eigenvalue weighted by Gasteiger charge is -2.52. The van der Waals surface area contributed by atoms with Crippen LogP contribution in [0.3, 0.4) is 0 Å². The molecule has 0 aromatic heterocycles. The van der Waals surface area contributed by atoms with Gasteiger partial charge in [0.25, 0.3) is 5.91 Å². The number of unbranched alkanes of at least 4 members (excludes halogenated alkanes) is 1. The molecule has 614 valence electrons. The van der Waals surface area contributed by atoms with E-state index in [-0.39, 0.29) is 50.7 Å². The number of nitrogens with two attached hydrogens (primary N) is 2. The summed E-state index contributed by atoms with van der Waals surface area (Å²) in [6, 6.07) is -4.03. The smallest absolute Gasteiger partial charge is 0.474 e. The Kier molecular flexibility index (Phi) is 35.3. The number of primary amides is 2. The number of carbonyl (C=O) groups excluding carboxylic acids is 6. The highest BCUT2D eigenvalue weighted by Crippen LogP contribution is 2.48. The first-order chi connectivity index (χ1) is 50.7. The summed E-state index contributed by atoms with van der Waals surface area (Å²) in [5, 5.41) is 134. The van der Waals surface area contributed by atoms with E-state index in [1.807, 2.05) is 13.0 Å². The Morgan fingerprint density at radius 1 is 0.722 bits per heavy atom. The first-order valence-electron chi connectivity index (χ1n) is 35.9. The van der Waals surface area contributed by atoms with Crippen LogP contribution in [0.2, 0.25) is 0 Å². The van der Waals surface area contributed by atoms with E-state index in [1.165, 1.54) is 16.7 Å². The lowest BCUT2D eigenvalue weighted by atomic mass is 9.84. The number of phosphoric acid groups is 1. The maximum atomic E-state index is 13.9. The minimum absolute atomic E-state index is 0.0463. The molecule has 1 aliphatic carbocycles. The second kappa shape index (κ2) is 41.8. The summed E-state index contributed by atoms with van der Waals surface area (Å²) in [6.07, 6.45) is -33.3. The van der Waals surface area contributed by atoms with Gasteiger partial charge in [-0.1, -0.05) is 73.1 Å². The van der Waals surface area contributed by atoms with Crippen molar-refractivity contribution in [2.45, 2.75) is 293 Å². The van der Waals surface area contributed by atoms with E-state index in [2.05, 4.69) is 81.5 Å². The van der Waals surface area contributed by atoms with Gasteiger partial charge in [0.1, 0.15) is 96.8 Å². The van der Waals surface area contributed by atoms with Gasteiger partial charge in [0.05, 0.1) is 39.1 Å². The average molecular weight is 1570 g/mol. The highest BCUT2D eigenvalue weighted by atomic mass is 31.2. The second-order valence-electron chi connectivity index (χ2n) is 28.8. The highest BCUT2D eigenvalue weighted by Gasteiger charge is 2.61. The number of Topliss-reactive ketones (excluding diaryl/α,β-unsaturated/α-hetero) is 1. The zero-order chi connectivity index (χ0) is 80.3. The summed E-state index contributed by atoms with van der Waals surface area (Å²) in [5.41, 5.74) is 12.4. The van der Waals surface area contributed by atoms with Crippen molar-refractivity contribution in [3.8, 4) is 0 Å². The van der Waals surface area contributed by atoms with Gasteiger partial charge in [0, 0.05) is 33.1 Å². The number of allylic oxidation sites excluding steroid dienone is 10. The first-order valence-corrected chi connectivity index (χ1v) is 37.4. The Hall–Kier alpha value is -5.63. The van der Waals surface area contributed by atoms with E-state index in [0.717, 1.165) is 64.9 Å². The van der Waals surface area contributed by atoms with E-state index < -0.39 is 228 Å². The standard InChI is InChI=1S/C70H112N5O32P/c1-34(2)16-15-18-35(3)20-21-37(5)24-28-69(9,10)26-13-11-17-36(4)25-29-95-30-31-97-108(93,94)107-62(91)60(70(38(6)77,106-68(72)92)27-14-12-19-45(71)82)104-63-47(73-39(7)78)50(84)56-44(99-63)33-96-65-55(89)57(49(83)43(32-76)98-65)101-67-59(51(85)48(74-40(8)79)64(100-56)105-67)103-66-54(88)52(86)53(87)58(102-66)61(90)75-46-41(80)22-23-42(46)81/h13,16,20,25-26,38,43-44,47-60,62-67,76-77,80,83-89,91H,5,11-12,14-15,17-19,21-24,27-33H2,1-4,6-10H3,(H2,71,82)(H2,72,92)(H,73,78)(H,74,79)(H,75,90)(H,93,94)/b26-13+,35-20+,36-25-/t38-,43?,44?,47?,48?,49+,50?,51?,52?,53+,54?,55?,56+,57?,58?,59-,60?,62+,63-,64+,65+,66-,67?,70?/m0/s1. The first kappa shape index (κ1) is 91.2. The topological polar surface area (TPSA) is 570 Å². The number of hydrogen-bond donors (Lipinski definition) is 17. The average Bonchev–Trinajstić information content (AvgIpc) is 0.815. The van der Waals surface area contributed by atoms with Crippen molar-refractivity contribution in [1.29, 1.82) is 0 Å². The van der Waals surface area contributed by atoms with Gasteiger partial charge >= 0.3 is 13.9 Å². The molecule has 5 aliphatic heterocycles. The maximum Gasteiger partial charge on any atom is 0.474 e. The Balaban J connectivity index is 1.26. The molecule has 5 amide bonds. The number of carbonyl (C=O) groups is 6. The molecule has 0 saturated carbocycles. The molecule has 0 aromatic carbocycles. The fourth-order valence-corrected chi connectivity index (χ4v) is 13.7. The van der Waals surface area contributed by atoms with Crippen LogP contribution in [-0.2, 0) is 89.7 Å². The molecule has 5 fully saturated rings. The number of rotatable bonds is 38. The van der Waals surface area contributed by atoms with Crippen LogP contribution in [0, 0.1) is 5.41 Å². The Morgan fingerprint density at radius 3 is 2.02 bits per heavy atom. The number of aliphatic hydroxyl groups excluding tert-OH is 11. The lowest BCUT2D eigenvalue weighted by Crippen LogP contribution is -2.72. The molecule has 6 aliphatic rings. The summed E-state index contributed by atoms with van der Waals surface area (Å²) in [4.78, 5) is 88.7. The summed E-state index contributed by atoms with van der Waals surface area (Å²) in [5.74, 6) is -5.28. The Bertz CT molecular complexity index is 3240. The minimum atomic E-state index is -5.55. The fourth-order valence-electron chi connectivity index (χ4n) is 12.9.